The van der Waals surface area contributed by atoms with Gasteiger partial charge in [-0.05, 0) is 42.4 Å². The second-order valence-electron chi connectivity index (χ2n) is 4.96. The third kappa shape index (κ3) is 3.11. The molecule has 1 aromatic rings. The molecule has 0 saturated carbocycles. The van der Waals surface area contributed by atoms with E-state index in [9.17, 15) is 0 Å². The lowest BCUT2D eigenvalue weighted by Crippen LogP contribution is -2.01. The van der Waals surface area contributed by atoms with Crippen molar-refractivity contribution < 1.29 is 4.74 Å². The molecular formula is C15H21BrO. The SMILES string of the molecule is CCc1ccc(C(C)CC2OC2CC)cc1Br. The molecule has 1 aliphatic heterocycles. The van der Waals surface area contributed by atoms with Gasteiger partial charge in [0.1, 0.15) is 0 Å². The Morgan fingerprint density at radius 3 is 2.59 bits per heavy atom. The van der Waals surface area contributed by atoms with Crippen LogP contribution in [0.5, 0.6) is 0 Å². The molecule has 1 heterocycles. The molecule has 1 aromatic carbocycles. The lowest BCUT2D eigenvalue weighted by atomic mass is 9.94. The molecule has 0 spiro atoms. The molecule has 1 saturated heterocycles. The van der Waals surface area contributed by atoms with Crippen molar-refractivity contribution in [3.63, 3.8) is 0 Å². The van der Waals surface area contributed by atoms with Crippen molar-refractivity contribution in [2.75, 3.05) is 0 Å². The Bertz CT molecular complexity index is 389. The highest BCUT2D eigenvalue weighted by Gasteiger charge is 2.37. The van der Waals surface area contributed by atoms with E-state index in [0.29, 0.717) is 18.1 Å². The van der Waals surface area contributed by atoms with Crippen molar-refractivity contribution in [3.05, 3.63) is 33.8 Å². The van der Waals surface area contributed by atoms with Gasteiger partial charge in [-0.1, -0.05) is 48.8 Å². The van der Waals surface area contributed by atoms with E-state index in [2.05, 4.69) is 54.9 Å². The Morgan fingerprint density at radius 2 is 2.06 bits per heavy atom. The first kappa shape index (κ1) is 13.1. The standard InChI is InChI=1S/C15H21BrO/c1-4-11-6-7-12(9-13(11)16)10(3)8-15-14(5-2)17-15/h6-7,9-10,14-15H,4-5,8H2,1-3H3. The maximum Gasteiger partial charge on any atom is 0.0847 e. The van der Waals surface area contributed by atoms with Gasteiger partial charge in [-0.3, -0.25) is 0 Å². The summed E-state index contributed by atoms with van der Waals surface area (Å²) in [7, 11) is 0. The molecule has 0 radical (unpaired) electrons. The number of halogens is 1. The Balaban J connectivity index is 1.99. The summed E-state index contributed by atoms with van der Waals surface area (Å²) in [4.78, 5) is 0. The van der Waals surface area contributed by atoms with E-state index < -0.39 is 0 Å². The van der Waals surface area contributed by atoms with Crippen molar-refractivity contribution in [3.8, 4) is 0 Å². The minimum Gasteiger partial charge on any atom is -0.370 e. The Hall–Kier alpha value is -0.340. The zero-order chi connectivity index (χ0) is 12.4. The number of aryl methyl sites for hydroxylation is 1. The summed E-state index contributed by atoms with van der Waals surface area (Å²) >= 11 is 3.65. The van der Waals surface area contributed by atoms with E-state index in [4.69, 9.17) is 4.74 Å². The number of epoxide rings is 1. The van der Waals surface area contributed by atoms with Gasteiger partial charge in [0.15, 0.2) is 0 Å². The zero-order valence-electron chi connectivity index (χ0n) is 10.9. The third-order valence-electron chi connectivity index (χ3n) is 3.70. The highest BCUT2D eigenvalue weighted by Crippen LogP contribution is 2.35. The molecule has 1 aliphatic rings. The molecule has 1 fully saturated rings. The first-order chi connectivity index (χ1) is 8.15. The van der Waals surface area contributed by atoms with Crippen LogP contribution < -0.4 is 0 Å². The average Bonchev–Trinajstić information content (AvgIpc) is 3.07. The van der Waals surface area contributed by atoms with Crippen LogP contribution in [-0.2, 0) is 11.2 Å². The van der Waals surface area contributed by atoms with E-state index in [1.165, 1.54) is 15.6 Å². The molecule has 2 heteroatoms. The van der Waals surface area contributed by atoms with Crippen molar-refractivity contribution in [2.45, 2.75) is 58.2 Å². The van der Waals surface area contributed by atoms with Gasteiger partial charge in [-0.25, -0.2) is 0 Å². The first-order valence-corrected chi connectivity index (χ1v) is 7.38. The van der Waals surface area contributed by atoms with Gasteiger partial charge in [-0.2, -0.15) is 0 Å². The van der Waals surface area contributed by atoms with Gasteiger partial charge >= 0.3 is 0 Å². The number of hydrogen-bond donors (Lipinski definition) is 0. The maximum absolute atomic E-state index is 5.62. The fraction of sp³-hybridized carbons (Fsp3) is 0.600. The summed E-state index contributed by atoms with van der Waals surface area (Å²) in [6.45, 7) is 6.68. The molecule has 0 aliphatic carbocycles. The molecule has 3 unspecified atom stereocenters. The Kier molecular flexibility index (Phi) is 4.26. The maximum atomic E-state index is 5.62. The Morgan fingerprint density at radius 1 is 1.29 bits per heavy atom. The summed E-state index contributed by atoms with van der Waals surface area (Å²) < 4.78 is 6.87. The van der Waals surface area contributed by atoms with Crippen LogP contribution in [0.25, 0.3) is 0 Å². The van der Waals surface area contributed by atoms with Crippen LogP contribution in [0, 0.1) is 0 Å². The normalized spacial score (nSPS) is 24.7. The van der Waals surface area contributed by atoms with Gasteiger partial charge in [0.2, 0.25) is 0 Å². The summed E-state index contributed by atoms with van der Waals surface area (Å²) in [6.07, 6.45) is 4.40. The fourth-order valence-corrected chi connectivity index (χ4v) is 3.06. The summed E-state index contributed by atoms with van der Waals surface area (Å²) in [5.41, 5.74) is 2.80. The smallest absolute Gasteiger partial charge is 0.0847 e. The van der Waals surface area contributed by atoms with E-state index in [1.54, 1.807) is 0 Å². The van der Waals surface area contributed by atoms with Crippen molar-refractivity contribution in [1.82, 2.24) is 0 Å². The van der Waals surface area contributed by atoms with Crippen LogP contribution >= 0.6 is 15.9 Å². The predicted octanol–water partition coefficient (Wildman–Crippen LogP) is 4.68. The fourth-order valence-electron chi connectivity index (χ4n) is 2.39. The molecule has 94 valence electrons. The molecule has 17 heavy (non-hydrogen) atoms. The van der Waals surface area contributed by atoms with E-state index in [1.807, 2.05) is 0 Å². The summed E-state index contributed by atoms with van der Waals surface area (Å²) in [5, 5.41) is 0. The van der Waals surface area contributed by atoms with Crippen LogP contribution in [-0.4, -0.2) is 12.2 Å². The van der Waals surface area contributed by atoms with Crippen molar-refractivity contribution in [1.29, 1.82) is 0 Å². The average molecular weight is 297 g/mol. The van der Waals surface area contributed by atoms with Crippen LogP contribution in [0.1, 0.15) is 50.7 Å². The van der Waals surface area contributed by atoms with Gasteiger partial charge in [-0.15, -0.1) is 0 Å². The Labute approximate surface area is 113 Å². The van der Waals surface area contributed by atoms with E-state index >= 15 is 0 Å². The van der Waals surface area contributed by atoms with Gasteiger partial charge in [0, 0.05) is 4.47 Å². The van der Waals surface area contributed by atoms with Crippen LogP contribution in [0.15, 0.2) is 22.7 Å². The lowest BCUT2D eigenvalue weighted by Gasteiger charge is -2.12. The molecule has 3 atom stereocenters. The van der Waals surface area contributed by atoms with Gasteiger partial charge in [0.05, 0.1) is 12.2 Å². The second kappa shape index (κ2) is 5.53. The van der Waals surface area contributed by atoms with Crippen molar-refractivity contribution >= 4 is 15.9 Å². The lowest BCUT2D eigenvalue weighted by molar-refractivity contribution is 0.353. The first-order valence-electron chi connectivity index (χ1n) is 6.59. The zero-order valence-corrected chi connectivity index (χ0v) is 12.5. The van der Waals surface area contributed by atoms with Crippen LogP contribution in [0.4, 0.5) is 0 Å². The van der Waals surface area contributed by atoms with E-state index in [-0.39, 0.29) is 0 Å². The third-order valence-corrected chi connectivity index (χ3v) is 4.44. The van der Waals surface area contributed by atoms with Crippen LogP contribution in [0.2, 0.25) is 0 Å². The summed E-state index contributed by atoms with van der Waals surface area (Å²) in [6, 6.07) is 6.77. The monoisotopic (exact) mass is 296 g/mol. The minimum atomic E-state index is 0.500. The minimum absolute atomic E-state index is 0.500. The number of rotatable bonds is 5. The second-order valence-corrected chi connectivity index (χ2v) is 5.82. The molecule has 0 aromatic heterocycles. The molecular weight excluding hydrogens is 276 g/mol. The molecule has 0 N–H and O–H groups in total. The van der Waals surface area contributed by atoms with Crippen LogP contribution in [0.3, 0.4) is 0 Å². The van der Waals surface area contributed by atoms with Gasteiger partial charge in [0.25, 0.3) is 0 Å². The largest absolute Gasteiger partial charge is 0.370 e. The number of hydrogen-bond acceptors (Lipinski definition) is 1. The van der Waals surface area contributed by atoms with E-state index in [0.717, 1.165) is 19.3 Å². The predicted molar refractivity (Wildman–Crippen MR) is 75.5 cm³/mol. The quantitative estimate of drug-likeness (QED) is 0.719. The number of ether oxygens (including phenoxy) is 1. The molecule has 0 amide bonds. The topological polar surface area (TPSA) is 12.5 Å². The van der Waals surface area contributed by atoms with Gasteiger partial charge < -0.3 is 4.74 Å². The molecule has 2 rings (SSSR count). The highest BCUT2D eigenvalue weighted by atomic mass is 79.9. The highest BCUT2D eigenvalue weighted by molar-refractivity contribution is 9.10. The molecule has 0 bridgehead atoms. The van der Waals surface area contributed by atoms with Crippen molar-refractivity contribution in [2.24, 2.45) is 0 Å². The summed E-state index contributed by atoms with van der Waals surface area (Å²) in [5.74, 6) is 0.582. The number of benzene rings is 1. The molecule has 1 nitrogen and oxygen atoms in total.